The van der Waals surface area contributed by atoms with Crippen molar-refractivity contribution in [2.45, 2.75) is 0 Å². The minimum Gasteiger partial charge on any atom is -0.473 e. The highest BCUT2D eigenvalue weighted by Gasteiger charge is 2.14. The van der Waals surface area contributed by atoms with Gasteiger partial charge in [-0.3, -0.25) is 10.1 Å². The number of aromatic nitrogens is 2. The lowest BCUT2D eigenvalue weighted by molar-refractivity contribution is 0.102. The third-order valence-corrected chi connectivity index (χ3v) is 5.51. The molecule has 5 nitrogen and oxygen atoms in total. The molecule has 114 valence electrons. The van der Waals surface area contributed by atoms with E-state index in [1.807, 2.05) is 30.3 Å². The first kappa shape index (κ1) is 14.1. The van der Waals surface area contributed by atoms with E-state index in [9.17, 15) is 4.79 Å². The van der Waals surface area contributed by atoms with Crippen molar-refractivity contribution in [1.82, 2.24) is 9.97 Å². The van der Waals surface area contributed by atoms with E-state index in [4.69, 9.17) is 4.74 Å². The summed E-state index contributed by atoms with van der Waals surface area (Å²) in [5.41, 5.74) is 2.33. The van der Waals surface area contributed by atoms with Gasteiger partial charge in [-0.15, -0.1) is 0 Å². The first-order valence-electron chi connectivity index (χ1n) is 6.85. The van der Waals surface area contributed by atoms with Crippen LogP contribution in [0.5, 0.6) is 5.19 Å². The lowest BCUT2D eigenvalue weighted by atomic mass is 10.2. The first-order chi connectivity index (χ1) is 11.2. The fourth-order valence-electron chi connectivity index (χ4n) is 2.25. The number of carbonyl (C=O) groups excluding carboxylic acids is 1. The fourth-order valence-corrected chi connectivity index (χ4v) is 4.22. The number of hydrogen-bond donors (Lipinski definition) is 1. The number of nitrogens with zero attached hydrogens (tertiary/aromatic N) is 2. The van der Waals surface area contributed by atoms with Crippen molar-refractivity contribution in [3.05, 3.63) is 48.0 Å². The van der Waals surface area contributed by atoms with Crippen molar-refractivity contribution >= 4 is 54.1 Å². The molecule has 4 rings (SSSR count). The van der Waals surface area contributed by atoms with Crippen molar-refractivity contribution in [3.8, 4) is 5.19 Å². The summed E-state index contributed by atoms with van der Waals surface area (Å²) in [6.45, 7) is 0. The molecule has 0 aliphatic heterocycles. The average molecular weight is 341 g/mol. The first-order valence-corrected chi connectivity index (χ1v) is 8.48. The summed E-state index contributed by atoms with van der Waals surface area (Å²) in [6, 6.07) is 12.9. The van der Waals surface area contributed by atoms with Crippen molar-refractivity contribution in [2.75, 3.05) is 12.4 Å². The predicted octanol–water partition coefficient (Wildman–Crippen LogP) is 4.17. The predicted molar refractivity (Wildman–Crippen MR) is 93.7 cm³/mol. The summed E-state index contributed by atoms with van der Waals surface area (Å²) in [6.07, 6.45) is 0. The summed E-state index contributed by atoms with van der Waals surface area (Å²) in [4.78, 5) is 21.1. The second kappa shape index (κ2) is 5.60. The highest BCUT2D eigenvalue weighted by Crippen LogP contribution is 2.38. The zero-order valence-corrected chi connectivity index (χ0v) is 13.7. The number of ether oxygens (including phenoxy) is 1. The molecule has 2 aromatic carbocycles. The van der Waals surface area contributed by atoms with Gasteiger partial charge in [-0.25, -0.2) is 9.97 Å². The van der Waals surface area contributed by atoms with Crippen LogP contribution in [-0.2, 0) is 0 Å². The summed E-state index contributed by atoms with van der Waals surface area (Å²) in [5.74, 6) is -0.164. The monoisotopic (exact) mass is 341 g/mol. The molecule has 0 saturated carbocycles. The highest BCUT2D eigenvalue weighted by atomic mass is 32.1. The molecule has 0 fully saturated rings. The Labute approximate surface area is 139 Å². The maximum absolute atomic E-state index is 12.2. The van der Waals surface area contributed by atoms with Crippen LogP contribution in [0.1, 0.15) is 10.4 Å². The van der Waals surface area contributed by atoms with Crippen LogP contribution >= 0.6 is 22.7 Å². The molecule has 23 heavy (non-hydrogen) atoms. The maximum atomic E-state index is 12.2. The second-order valence-electron chi connectivity index (χ2n) is 4.79. The smallest absolute Gasteiger partial charge is 0.274 e. The maximum Gasteiger partial charge on any atom is 0.274 e. The van der Waals surface area contributed by atoms with Crippen LogP contribution in [0.2, 0.25) is 0 Å². The van der Waals surface area contributed by atoms with Crippen LogP contribution in [0.4, 0.5) is 5.13 Å². The Morgan fingerprint density at radius 2 is 1.70 bits per heavy atom. The van der Waals surface area contributed by atoms with E-state index in [-0.39, 0.29) is 5.91 Å². The molecule has 0 unspecified atom stereocenters. The number of hydrogen-bond acceptors (Lipinski definition) is 6. The van der Waals surface area contributed by atoms with Crippen LogP contribution in [0.3, 0.4) is 0 Å². The number of carbonyl (C=O) groups is 1. The average Bonchev–Trinajstić information content (AvgIpc) is 3.18. The van der Waals surface area contributed by atoms with E-state index in [2.05, 4.69) is 15.3 Å². The van der Waals surface area contributed by atoms with E-state index in [0.717, 1.165) is 20.4 Å². The molecule has 0 spiro atoms. The second-order valence-corrected chi connectivity index (χ2v) is 6.75. The molecule has 7 heteroatoms. The minimum absolute atomic E-state index is 0.164. The number of rotatable bonds is 3. The molecule has 0 aliphatic carbocycles. The van der Waals surface area contributed by atoms with Crippen LogP contribution in [0, 0.1) is 0 Å². The number of thiazole rings is 2. The van der Waals surface area contributed by atoms with Crippen molar-refractivity contribution in [1.29, 1.82) is 0 Å². The molecule has 4 aromatic rings. The standard InChI is InChI=1S/C16H11N3O2S2/c1-21-16-18-11-8-7-10-12(13(11)23-16)22-15(17-10)19-14(20)9-5-3-2-4-6-9/h2-8H,1H3,(H,17,19,20). The normalized spacial score (nSPS) is 11.0. The summed E-state index contributed by atoms with van der Waals surface area (Å²) < 4.78 is 7.23. The molecular formula is C16H11N3O2S2. The van der Waals surface area contributed by atoms with E-state index in [1.165, 1.54) is 22.7 Å². The molecule has 1 amide bonds. The molecule has 0 atom stereocenters. The SMILES string of the molecule is COc1nc2ccc3nc(NC(=O)c4ccccc4)sc3c2s1. The van der Waals surface area contributed by atoms with Gasteiger partial charge in [0.1, 0.15) is 0 Å². The largest absolute Gasteiger partial charge is 0.473 e. The van der Waals surface area contributed by atoms with Gasteiger partial charge in [0.2, 0.25) is 0 Å². The number of amides is 1. The molecule has 2 heterocycles. The van der Waals surface area contributed by atoms with Crippen LogP contribution in [0.25, 0.3) is 20.4 Å². The Bertz CT molecular complexity index is 1010. The van der Waals surface area contributed by atoms with Gasteiger partial charge in [0.25, 0.3) is 11.1 Å². The lowest BCUT2D eigenvalue weighted by Gasteiger charge is -2.00. The van der Waals surface area contributed by atoms with E-state index < -0.39 is 0 Å². The molecule has 0 bridgehead atoms. The Balaban J connectivity index is 1.72. The highest BCUT2D eigenvalue weighted by molar-refractivity contribution is 7.29. The Morgan fingerprint density at radius 1 is 1.00 bits per heavy atom. The van der Waals surface area contributed by atoms with Crippen LogP contribution < -0.4 is 10.1 Å². The van der Waals surface area contributed by atoms with Gasteiger partial charge in [0.15, 0.2) is 5.13 Å². The van der Waals surface area contributed by atoms with E-state index >= 15 is 0 Å². The summed E-state index contributed by atoms with van der Waals surface area (Å²) in [7, 11) is 1.60. The number of methoxy groups -OCH3 is 1. The van der Waals surface area contributed by atoms with Crippen molar-refractivity contribution < 1.29 is 9.53 Å². The zero-order valence-electron chi connectivity index (χ0n) is 12.1. The third-order valence-electron chi connectivity index (χ3n) is 3.32. The minimum atomic E-state index is -0.164. The van der Waals surface area contributed by atoms with Crippen molar-refractivity contribution in [3.63, 3.8) is 0 Å². The number of fused-ring (bicyclic) bond motifs is 3. The van der Waals surface area contributed by atoms with Gasteiger partial charge >= 0.3 is 0 Å². The number of anilines is 1. The van der Waals surface area contributed by atoms with Gasteiger partial charge in [-0.1, -0.05) is 40.9 Å². The molecule has 0 saturated heterocycles. The number of nitrogens with one attached hydrogen (secondary N) is 1. The van der Waals surface area contributed by atoms with Crippen molar-refractivity contribution in [2.24, 2.45) is 0 Å². The molecule has 0 radical (unpaired) electrons. The van der Waals surface area contributed by atoms with Crippen LogP contribution in [0.15, 0.2) is 42.5 Å². The van der Waals surface area contributed by atoms with Gasteiger partial charge in [-0.05, 0) is 24.3 Å². The fraction of sp³-hybridized carbons (Fsp3) is 0.0625. The summed E-state index contributed by atoms with van der Waals surface area (Å²) >= 11 is 2.93. The van der Waals surface area contributed by atoms with Gasteiger partial charge in [0.05, 0.1) is 27.5 Å². The number of benzene rings is 2. The van der Waals surface area contributed by atoms with Gasteiger partial charge < -0.3 is 4.74 Å². The van der Waals surface area contributed by atoms with E-state index in [1.54, 1.807) is 19.2 Å². The summed E-state index contributed by atoms with van der Waals surface area (Å²) in [5, 5.41) is 4.05. The van der Waals surface area contributed by atoms with E-state index in [0.29, 0.717) is 15.9 Å². The lowest BCUT2D eigenvalue weighted by Crippen LogP contribution is -2.11. The van der Waals surface area contributed by atoms with Gasteiger partial charge in [0, 0.05) is 5.56 Å². The zero-order chi connectivity index (χ0) is 15.8. The third kappa shape index (κ3) is 2.54. The Morgan fingerprint density at radius 3 is 2.43 bits per heavy atom. The molecular weight excluding hydrogens is 330 g/mol. The Hall–Kier alpha value is -2.51. The molecule has 1 N–H and O–H groups in total. The van der Waals surface area contributed by atoms with Gasteiger partial charge in [-0.2, -0.15) is 0 Å². The molecule has 2 aromatic heterocycles. The quantitative estimate of drug-likeness (QED) is 0.607. The topological polar surface area (TPSA) is 64.1 Å². The molecule has 0 aliphatic rings. The Kier molecular flexibility index (Phi) is 3.44. The van der Waals surface area contributed by atoms with Crippen LogP contribution in [-0.4, -0.2) is 23.0 Å².